The van der Waals surface area contributed by atoms with Gasteiger partial charge in [-0.05, 0) is 60.6 Å². The summed E-state index contributed by atoms with van der Waals surface area (Å²) >= 11 is 7.48. The van der Waals surface area contributed by atoms with Crippen molar-refractivity contribution in [3.8, 4) is 0 Å². The molecule has 2 N–H and O–H groups in total. The summed E-state index contributed by atoms with van der Waals surface area (Å²) in [4.78, 5) is 27.1. The molecule has 0 unspecified atom stereocenters. The van der Waals surface area contributed by atoms with E-state index in [4.69, 9.17) is 11.6 Å². The molecule has 0 saturated carbocycles. The Balaban J connectivity index is 1.60. The molecule has 0 fully saturated rings. The fraction of sp³-hybridized carbons (Fsp3) is 0.250. The van der Waals surface area contributed by atoms with Crippen molar-refractivity contribution in [2.24, 2.45) is 5.92 Å². The molecule has 6 heteroatoms. The van der Waals surface area contributed by atoms with E-state index in [2.05, 4.69) is 17.6 Å². The lowest BCUT2D eigenvalue weighted by Crippen LogP contribution is -2.20. The first kappa shape index (κ1) is 20.6. The van der Waals surface area contributed by atoms with E-state index in [-0.39, 0.29) is 18.2 Å². The number of hydrogen-bond acceptors (Lipinski definition) is 3. The monoisotopic (exact) mass is 438 g/mol. The van der Waals surface area contributed by atoms with Gasteiger partial charge in [0.15, 0.2) is 0 Å². The molecule has 0 saturated heterocycles. The molecule has 2 amide bonds. The van der Waals surface area contributed by atoms with Crippen LogP contribution in [0.2, 0.25) is 5.02 Å². The van der Waals surface area contributed by atoms with Gasteiger partial charge in [-0.3, -0.25) is 9.59 Å². The van der Waals surface area contributed by atoms with Crippen LogP contribution in [-0.4, -0.2) is 11.8 Å². The molecule has 1 heterocycles. The zero-order valence-electron chi connectivity index (χ0n) is 16.7. The highest BCUT2D eigenvalue weighted by atomic mass is 35.5. The van der Waals surface area contributed by atoms with Gasteiger partial charge < -0.3 is 10.6 Å². The van der Waals surface area contributed by atoms with Crippen LogP contribution in [0.1, 0.15) is 39.7 Å². The molecule has 0 radical (unpaired) electrons. The average molecular weight is 439 g/mol. The minimum absolute atomic E-state index is 0.117. The first-order valence-electron chi connectivity index (χ1n) is 10.0. The summed E-state index contributed by atoms with van der Waals surface area (Å²) in [5, 5.41) is 7.21. The van der Waals surface area contributed by atoms with Gasteiger partial charge >= 0.3 is 0 Å². The number of hydrogen-bond donors (Lipinski definition) is 2. The van der Waals surface area contributed by atoms with E-state index in [1.54, 1.807) is 24.3 Å². The minimum atomic E-state index is -0.195. The van der Waals surface area contributed by atoms with Crippen LogP contribution in [0, 0.1) is 5.92 Å². The lowest BCUT2D eigenvalue weighted by molar-refractivity contribution is -0.115. The Hall–Kier alpha value is -2.63. The largest absolute Gasteiger partial charge is 0.322 e. The number of carbonyl (C=O) groups excluding carboxylic acids is 2. The third-order valence-electron chi connectivity index (χ3n) is 5.30. The highest BCUT2D eigenvalue weighted by Gasteiger charge is 2.28. The normalized spacial score (nSPS) is 15.3. The van der Waals surface area contributed by atoms with E-state index in [9.17, 15) is 9.59 Å². The second-order valence-electron chi connectivity index (χ2n) is 7.73. The van der Waals surface area contributed by atoms with Gasteiger partial charge in [0.2, 0.25) is 5.91 Å². The third kappa shape index (κ3) is 4.74. The molecule has 2 aromatic carbocycles. The quantitative estimate of drug-likeness (QED) is 0.516. The SMILES string of the molecule is C[C@@H]1CCc2c(sc(NC(=O)Cc3ccccc3)c2C(=O)Nc2ccc(Cl)cc2)C1. The van der Waals surface area contributed by atoms with Crippen molar-refractivity contribution in [3.05, 3.63) is 81.2 Å². The molecule has 154 valence electrons. The molecule has 3 aromatic rings. The van der Waals surface area contributed by atoms with Crippen LogP contribution in [0.5, 0.6) is 0 Å². The molecular formula is C24H23ClN2O2S. The molecule has 1 aliphatic rings. The third-order valence-corrected chi connectivity index (χ3v) is 6.72. The van der Waals surface area contributed by atoms with Gasteiger partial charge in [-0.2, -0.15) is 0 Å². The fourth-order valence-electron chi connectivity index (χ4n) is 3.76. The van der Waals surface area contributed by atoms with E-state index >= 15 is 0 Å². The van der Waals surface area contributed by atoms with Gasteiger partial charge in [0.1, 0.15) is 5.00 Å². The zero-order chi connectivity index (χ0) is 21.1. The van der Waals surface area contributed by atoms with Gasteiger partial charge in [-0.15, -0.1) is 11.3 Å². The van der Waals surface area contributed by atoms with Crippen molar-refractivity contribution < 1.29 is 9.59 Å². The molecular weight excluding hydrogens is 416 g/mol. The Bertz CT molecular complexity index is 1060. The van der Waals surface area contributed by atoms with Gasteiger partial charge in [-0.25, -0.2) is 0 Å². The van der Waals surface area contributed by atoms with Crippen LogP contribution in [0.15, 0.2) is 54.6 Å². The summed E-state index contributed by atoms with van der Waals surface area (Å²) in [6.45, 7) is 2.23. The molecule has 0 bridgehead atoms. The van der Waals surface area contributed by atoms with E-state index in [0.717, 1.165) is 30.4 Å². The van der Waals surface area contributed by atoms with Gasteiger partial charge in [-0.1, -0.05) is 48.9 Å². The highest BCUT2D eigenvalue weighted by molar-refractivity contribution is 7.17. The summed E-state index contributed by atoms with van der Waals surface area (Å²) in [7, 11) is 0. The second-order valence-corrected chi connectivity index (χ2v) is 9.27. The zero-order valence-corrected chi connectivity index (χ0v) is 18.3. The van der Waals surface area contributed by atoms with Crippen LogP contribution in [0.3, 0.4) is 0 Å². The Labute approximate surface area is 185 Å². The lowest BCUT2D eigenvalue weighted by atomic mass is 9.88. The fourth-order valence-corrected chi connectivity index (χ4v) is 5.31. The number of halogens is 1. The first-order valence-corrected chi connectivity index (χ1v) is 11.2. The van der Waals surface area contributed by atoms with Gasteiger partial charge in [0, 0.05) is 15.6 Å². The van der Waals surface area contributed by atoms with Crippen molar-refractivity contribution in [1.29, 1.82) is 0 Å². The maximum Gasteiger partial charge on any atom is 0.258 e. The average Bonchev–Trinajstić information content (AvgIpc) is 3.07. The molecule has 30 heavy (non-hydrogen) atoms. The number of rotatable bonds is 5. The predicted molar refractivity (Wildman–Crippen MR) is 124 cm³/mol. The Morgan fingerprint density at radius 3 is 2.53 bits per heavy atom. The summed E-state index contributed by atoms with van der Waals surface area (Å²) in [6, 6.07) is 16.6. The Kier molecular flexibility index (Phi) is 6.21. The highest BCUT2D eigenvalue weighted by Crippen LogP contribution is 2.40. The van der Waals surface area contributed by atoms with Crippen molar-refractivity contribution >= 4 is 45.4 Å². The maximum atomic E-state index is 13.2. The summed E-state index contributed by atoms with van der Waals surface area (Å²) < 4.78 is 0. The smallest absolute Gasteiger partial charge is 0.258 e. The van der Waals surface area contributed by atoms with E-state index in [0.29, 0.717) is 27.2 Å². The number of fused-ring (bicyclic) bond motifs is 1. The first-order chi connectivity index (χ1) is 14.5. The number of anilines is 2. The molecule has 0 spiro atoms. The van der Waals surface area contributed by atoms with E-state index < -0.39 is 0 Å². The maximum absolute atomic E-state index is 13.2. The second kappa shape index (κ2) is 9.02. The minimum Gasteiger partial charge on any atom is -0.322 e. The number of benzene rings is 2. The van der Waals surface area contributed by atoms with Gasteiger partial charge in [0.25, 0.3) is 5.91 Å². The molecule has 4 rings (SSSR count). The summed E-state index contributed by atoms with van der Waals surface area (Å²) in [5.41, 5.74) is 3.28. The van der Waals surface area contributed by atoms with Crippen LogP contribution >= 0.6 is 22.9 Å². The van der Waals surface area contributed by atoms with E-state index in [1.165, 1.54) is 16.2 Å². The van der Waals surface area contributed by atoms with Crippen molar-refractivity contribution in [3.63, 3.8) is 0 Å². The topological polar surface area (TPSA) is 58.2 Å². The van der Waals surface area contributed by atoms with Gasteiger partial charge in [0.05, 0.1) is 12.0 Å². The number of nitrogens with one attached hydrogen (secondary N) is 2. The van der Waals surface area contributed by atoms with Crippen LogP contribution in [0.4, 0.5) is 10.7 Å². The van der Waals surface area contributed by atoms with Crippen molar-refractivity contribution in [2.45, 2.75) is 32.6 Å². The number of amides is 2. The van der Waals surface area contributed by atoms with Crippen LogP contribution in [0.25, 0.3) is 0 Å². The molecule has 1 atom stereocenters. The summed E-state index contributed by atoms with van der Waals surface area (Å²) in [6.07, 6.45) is 3.11. The molecule has 4 nitrogen and oxygen atoms in total. The van der Waals surface area contributed by atoms with Crippen molar-refractivity contribution in [2.75, 3.05) is 10.6 Å². The molecule has 1 aliphatic carbocycles. The standard InChI is InChI=1S/C24H23ClN2O2S/c1-15-7-12-19-20(13-15)30-24(27-21(28)14-16-5-3-2-4-6-16)22(19)23(29)26-18-10-8-17(25)9-11-18/h2-6,8-11,15H,7,12-14H2,1H3,(H,26,29)(H,27,28)/t15-/m1/s1. The van der Waals surface area contributed by atoms with E-state index in [1.807, 2.05) is 30.3 Å². The molecule has 1 aromatic heterocycles. The number of carbonyl (C=O) groups is 2. The van der Waals surface area contributed by atoms with Crippen LogP contribution < -0.4 is 10.6 Å². The van der Waals surface area contributed by atoms with Crippen molar-refractivity contribution in [1.82, 2.24) is 0 Å². The number of thiophene rings is 1. The Morgan fingerprint density at radius 2 is 1.80 bits per heavy atom. The van der Waals surface area contributed by atoms with Crippen LogP contribution in [-0.2, 0) is 24.1 Å². The lowest BCUT2D eigenvalue weighted by Gasteiger charge is -2.18. The predicted octanol–water partition coefficient (Wildman–Crippen LogP) is 5.96. The molecule has 0 aliphatic heterocycles. The summed E-state index contributed by atoms with van der Waals surface area (Å²) in [5.74, 6) is 0.268. The Morgan fingerprint density at radius 1 is 1.07 bits per heavy atom.